The molecule has 98 valence electrons. The zero-order valence-corrected chi connectivity index (χ0v) is 10.1. The average molecular weight is 252 g/mol. The molecule has 0 bridgehead atoms. The Kier molecular flexibility index (Phi) is 6.04. The first kappa shape index (κ1) is 14.3. The van der Waals surface area contributed by atoms with Crippen molar-refractivity contribution in [1.82, 2.24) is 4.90 Å². The molecule has 1 rings (SSSR count). The second-order valence-corrected chi connectivity index (χ2v) is 3.81. The summed E-state index contributed by atoms with van der Waals surface area (Å²) in [5.41, 5.74) is 0.419. The van der Waals surface area contributed by atoms with E-state index < -0.39 is 5.82 Å². The third-order valence-electron chi connectivity index (χ3n) is 2.28. The van der Waals surface area contributed by atoms with Crippen molar-refractivity contribution in [2.45, 2.75) is 0 Å². The summed E-state index contributed by atoms with van der Waals surface area (Å²) in [5, 5.41) is 11.4. The molecule has 0 unspecified atom stereocenters. The molecule has 0 heterocycles. The highest BCUT2D eigenvalue weighted by atomic mass is 19.1. The van der Waals surface area contributed by atoms with Crippen LogP contribution in [0.15, 0.2) is 36.9 Å². The number of carbonyl (C=O) groups excluding carboxylic acids is 1. The summed E-state index contributed by atoms with van der Waals surface area (Å²) in [7, 11) is 0. The van der Waals surface area contributed by atoms with Crippen molar-refractivity contribution in [3.8, 4) is 0 Å². The minimum absolute atomic E-state index is 0.0267. The Bertz CT molecular complexity index is 410. The summed E-state index contributed by atoms with van der Waals surface area (Å²) in [5.74, 6) is -0.651. The average Bonchev–Trinajstić information content (AvgIpc) is 2.29. The van der Waals surface area contributed by atoms with E-state index in [4.69, 9.17) is 5.11 Å². The Balaban J connectivity index is 2.51. The number of amides is 1. The minimum Gasteiger partial charge on any atom is -0.395 e. The van der Waals surface area contributed by atoms with Gasteiger partial charge in [0.15, 0.2) is 0 Å². The predicted octanol–water partition coefficient (Wildman–Crippen LogP) is 1.24. The largest absolute Gasteiger partial charge is 0.395 e. The number of aliphatic hydroxyl groups is 1. The Morgan fingerprint density at radius 2 is 2.33 bits per heavy atom. The minimum atomic E-state index is -0.397. The Labute approximate surface area is 106 Å². The molecule has 0 aromatic heterocycles. The van der Waals surface area contributed by atoms with Crippen LogP contribution in [0.25, 0.3) is 0 Å². The number of hydrogen-bond donors (Lipinski definition) is 2. The molecule has 0 saturated heterocycles. The quantitative estimate of drug-likeness (QED) is 0.718. The molecule has 1 aromatic carbocycles. The Morgan fingerprint density at radius 3 is 2.94 bits per heavy atom. The van der Waals surface area contributed by atoms with E-state index in [2.05, 4.69) is 11.9 Å². The number of halogens is 1. The molecule has 18 heavy (non-hydrogen) atoms. The van der Waals surface area contributed by atoms with Gasteiger partial charge in [-0.3, -0.25) is 9.69 Å². The van der Waals surface area contributed by atoms with Crippen LogP contribution in [0.2, 0.25) is 0 Å². The number of rotatable bonds is 7. The molecule has 5 heteroatoms. The van der Waals surface area contributed by atoms with Gasteiger partial charge in [-0.25, -0.2) is 4.39 Å². The summed E-state index contributed by atoms with van der Waals surface area (Å²) < 4.78 is 12.9. The first-order valence-electron chi connectivity index (χ1n) is 5.65. The van der Waals surface area contributed by atoms with E-state index in [0.717, 1.165) is 0 Å². The third-order valence-corrected chi connectivity index (χ3v) is 2.28. The fourth-order valence-electron chi connectivity index (χ4n) is 1.53. The van der Waals surface area contributed by atoms with Crippen molar-refractivity contribution in [2.24, 2.45) is 0 Å². The maximum Gasteiger partial charge on any atom is 0.238 e. The van der Waals surface area contributed by atoms with Crippen LogP contribution in [0.3, 0.4) is 0 Å². The van der Waals surface area contributed by atoms with Gasteiger partial charge in [0.1, 0.15) is 5.82 Å². The van der Waals surface area contributed by atoms with E-state index in [1.807, 2.05) is 0 Å². The maximum absolute atomic E-state index is 12.9. The number of anilines is 1. The van der Waals surface area contributed by atoms with Crippen LogP contribution >= 0.6 is 0 Å². The molecule has 0 aliphatic rings. The molecule has 0 aliphatic carbocycles. The van der Waals surface area contributed by atoms with Gasteiger partial charge in [0, 0.05) is 18.8 Å². The molecule has 1 amide bonds. The standard InChI is InChI=1S/C13H17FN2O2/c1-2-6-16(7-8-17)10-13(18)15-12-5-3-4-11(14)9-12/h2-5,9,17H,1,6-8,10H2,(H,15,18). The van der Waals surface area contributed by atoms with Gasteiger partial charge in [0.25, 0.3) is 0 Å². The Morgan fingerprint density at radius 1 is 1.56 bits per heavy atom. The van der Waals surface area contributed by atoms with Crippen LogP contribution in [0.5, 0.6) is 0 Å². The van der Waals surface area contributed by atoms with Gasteiger partial charge in [0.05, 0.1) is 13.2 Å². The molecule has 0 spiro atoms. The van der Waals surface area contributed by atoms with Crippen molar-refractivity contribution in [2.75, 3.05) is 31.6 Å². The smallest absolute Gasteiger partial charge is 0.238 e. The summed E-state index contributed by atoms with van der Waals surface area (Å²) in [6.07, 6.45) is 1.66. The van der Waals surface area contributed by atoms with Crippen molar-refractivity contribution >= 4 is 11.6 Å². The van der Waals surface area contributed by atoms with Crippen molar-refractivity contribution < 1.29 is 14.3 Å². The molecular formula is C13H17FN2O2. The van der Waals surface area contributed by atoms with Gasteiger partial charge in [-0.2, -0.15) is 0 Å². The summed E-state index contributed by atoms with van der Waals surface area (Å²) in [6, 6.07) is 5.71. The fraction of sp³-hybridized carbons (Fsp3) is 0.308. The number of hydrogen-bond acceptors (Lipinski definition) is 3. The number of carbonyl (C=O) groups is 1. The lowest BCUT2D eigenvalue weighted by Gasteiger charge is -2.18. The summed E-state index contributed by atoms with van der Waals surface area (Å²) in [4.78, 5) is 13.4. The fourth-order valence-corrected chi connectivity index (χ4v) is 1.53. The van der Waals surface area contributed by atoms with Gasteiger partial charge in [-0.1, -0.05) is 12.1 Å². The molecule has 4 nitrogen and oxygen atoms in total. The van der Waals surface area contributed by atoms with Crippen molar-refractivity contribution in [3.05, 3.63) is 42.7 Å². The van der Waals surface area contributed by atoms with Gasteiger partial charge < -0.3 is 10.4 Å². The van der Waals surface area contributed by atoms with Crippen molar-refractivity contribution in [1.29, 1.82) is 0 Å². The first-order chi connectivity index (χ1) is 8.65. The molecule has 0 radical (unpaired) electrons. The van der Waals surface area contributed by atoms with Gasteiger partial charge in [-0.05, 0) is 18.2 Å². The summed E-state index contributed by atoms with van der Waals surface area (Å²) in [6.45, 7) is 4.58. The van der Waals surface area contributed by atoms with Crippen LogP contribution in [-0.4, -0.2) is 42.2 Å². The number of nitrogens with one attached hydrogen (secondary N) is 1. The molecule has 0 aliphatic heterocycles. The summed E-state index contributed by atoms with van der Waals surface area (Å²) >= 11 is 0. The van der Waals surface area contributed by atoms with Crippen LogP contribution in [0, 0.1) is 5.82 Å². The second kappa shape index (κ2) is 7.58. The van der Waals surface area contributed by atoms with Crippen LogP contribution in [-0.2, 0) is 4.79 Å². The topological polar surface area (TPSA) is 52.6 Å². The zero-order chi connectivity index (χ0) is 13.4. The molecule has 0 atom stereocenters. The van der Waals surface area contributed by atoms with E-state index in [1.54, 1.807) is 17.0 Å². The van der Waals surface area contributed by atoms with Crippen LogP contribution in [0.4, 0.5) is 10.1 Å². The van der Waals surface area contributed by atoms with Crippen LogP contribution in [0.1, 0.15) is 0 Å². The van der Waals surface area contributed by atoms with E-state index in [9.17, 15) is 9.18 Å². The van der Waals surface area contributed by atoms with E-state index >= 15 is 0 Å². The number of nitrogens with zero attached hydrogens (tertiary/aromatic N) is 1. The normalized spacial score (nSPS) is 10.4. The monoisotopic (exact) mass is 252 g/mol. The number of aliphatic hydroxyl groups excluding tert-OH is 1. The predicted molar refractivity (Wildman–Crippen MR) is 68.8 cm³/mol. The SMILES string of the molecule is C=CCN(CCO)CC(=O)Nc1cccc(F)c1. The lowest BCUT2D eigenvalue weighted by atomic mass is 10.3. The van der Waals surface area contributed by atoms with Gasteiger partial charge in [-0.15, -0.1) is 6.58 Å². The molecule has 0 saturated carbocycles. The third kappa shape index (κ3) is 5.07. The highest BCUT2D eigenvalue weighted by Gasteiger charge is 2.09. The second-order valence-electron chi connectivity index (χ2n) is 3.81. The highest BCUT2D eigenvalue weighted by molar-refractivity contribution is 5.92. The lowest BCUT2D eigenvalue weighted by molar-refractivity contribution is -0.117. The van der Waals surface area contributed by atoms with E-state index in [0.29, 0.717) is 18.8 Å². The first-order valence-corrected chi connectivity index (χ1v) is 5.65. The molecule has 2 N–H and O–H groups in total. The van der Waals surface area contributed by atoms with Gasteiger partial charge in [0.2, 0.25) is 5.91 Å². The van der Waals surface area contributed by atoms with E-state index in [-0.39, 0.29) is 19.1 Å². The van der Waals surface area contributed by atoms with Crippen LogP contribution < -0.4 is 5.32 Å². The zero-order valence-electron chi connectivity index (χ0n) is 10.1. The van der Waals surface area contributed by atoms with Gasteiger partial charge >= 0.3 is 0 Å². The number of benzene rings is 1. The highest BCUT2D eigenvalue weighted by Crippen LogP contribution is 2.08. The molecular weight excluding hydrogens is 235 g/mol. The molecule has 0 fully saturated rings. The van der Waals surface area contributed by atoms with Crippen molar-refractivity contribution in [3.63, 3.8) is 0 Å². The molecule has 1 aromatic rings. The maximum atomic E-state index is 12.9. The lowest BCUT2D eigenvalue weighted by Crippen LogP contribution is -2.35. The van der Waals surface area contributed by atoms with E-state index in [1.165, 1.54) is 18.2 Å². The Hall–Kier alpha value is -1.72.